The molecule has 40 heavy (non-hydrogen) atoms. The minimum Gasteiger partial charge on any atom is -0.391 e. The van der Waals surface area contributed by atoms with Crippen molar-refractivity contribution < 1.29 is 0 Å². The third-order valence-corrected chi connectivity index (χ3v) is 8.59. The van der Waals surface area contributed by atoms with Crippen LogP contribution in [0.2, 0.25) is 5.02 Å². The molecule has 3 aromatic carbocycles. The highest BCUT2D eigenvalue weighted by Crippen LogP contribution is 2.48. The molecule has 0 fully saturated rings. The van der Waals surface area contributed by atoms with Crippen LogP contribution in [0.25, 0.3) is 22.3 Å². The van der Waals surface area contributed by atoms with E-state index in [0.717, 1.165) is 90.9 Å². The van der Waals surface area contributed by atoms with Crippen LogP contribution < -0.4 is 5.32 Å². The SMILES string of the molecule is C=CNCCCC1(c2ccc3nc(-c4ccc(Cl)cc4)c(CCCCC(=C)C)nc3c2)CCc2cc(C)ccc21. The molecule has 1 atom stereocenters. The van der Waals surface area contributed by atoms with Crippen LogP contribution in [0, 0.1) is 6.92 Å². The van der Waals surface area contributed by atoms with Gasteiger partial charge < -0.3 is 5.32 Å². The van der Waals surface area contributed by atoms with Crippen LogP contribution in [-0.4, -0.2) is 16.5 Å². The zero-order valence-electron chi connectivity index (χ0n) is 23.9. The number of fused-ring (bicyclic) bond motifs is 2. The third-order valence-electron chi connectivity index (χ3n) is 8.34. The van der Waals surface area contributed by atoms with Gasteiger partial charge in [-0.15, -0.1) is 6.58 Å². The molecule has 0 spiro atoms. The molecule has 0 aliphatic heterocycles. The van der Waals surface area contributed by atoms with E-state index in [1.54, 1.807) is 6.20 Å². The van der Waals surface area contributed by atoms with Crippen LogP contribution in [0.3, 0.4) is 0 Å². The van der Waals surface area contributed by atoms with Gasteiger partial charge in [0, 0.05) is 22.5 Å². The van der Waals surface area contributed by atoms with Crippen LogP contribution in [-0.2, 0) is 18.3 Å². The number of hydrogen-bond acceptors (Lipinski definition) is 3. The molecular weight excluding hydrogens is 510 g/mol. The molecule has 1 heterocycles. The van der Waals surface area contributed by atoms with Crippen LogP contribution in [0.15, 0.2) is 85.6 Å². The Kier molecular flexibility index (Phi) is 8.71. The fourth-order valence-electron chi connectivity index (χ4n) is 6.30. The molecule has 1 aromatic heterocycles. The minimum absolute atomic E-state index is 0.0156. The van der Waals surface area contributed by atoms with Crippen molar-refractivity contribution in [2.24, 2.45) is 0 Å². The Hall–Kier alpha value is -3.43. The molecule has 0 amide bonds. The normalized spacial score (nSPS) is 16.2. The molecule has 0 saturated carbocycles. The fraction of sp³-hybridized carbons (Fsp3) is 0.333. The number of halogens is 1. The van der Waals surface area contributed by atoms with Gasteiger partial charge in [0.25, 0.3) is 0 Å². The first-order chi connectivity index (χ1) is 19.4. The van der Waals surface area contributed by atoms with Crippen molar-refractivity contribution in [3.8, 4) is 11.3 Å². The number of allylic oxidation sites excluding steroid dienone is 1. The van der Waals surface area contributed by atoms with Gasteiger partial charge in [0.1, 0.15) is 0 Å². The van der Waals surface area contributed by atoms with Gasteiger partial charge in [0.05, 0.1) is 22.4 Å². The molecule has 0 saturated heterocycles. The lowest BCUT2D eigenvalue weighted by Gasteiger charge is -2.32. The van der Waals surface area contributed by atoms with E-state index in [9.17, 15) is 0 Å². The average Bonchev–Trinajstić information content (AvgIpc) is 3.31. The Morgan fingerprint density at radius 1 is 1.00 bits per heavy atom. The molecular formula is C36H40ClN3. The highest BCUT2D eigenvalue weighted by atomic mass is 35.5. The lowest BCUT2D eigenvalue weighted by molar-refractivity contribution is 0.450. The van der Waals surface area contributed by atoms with Crippen molar-refractivity contribution in [3.05, 3.63) is 119 Å². The van der Waals surface area contributed by atoms with Crippen LogP contribution in [0.4, 0.5) is 0 Å². The maximum atomic E-state index is 6.20. The molecule has 1 N–H and O–H groups in total. The van der Waals surface area contributed by atoms with Crippen molar-refractivity contribution in [2.45, 2.75) is 70.6 Å². The van der Waals surface area contributed by atoms with Crippen LogP contribution in [0.1, 0.15) is 73.4 Å². The summed E-state index contributed by atoms with van der Waals surface area (Å²) in [7, 11) is 0. The lowest BCUT2D eigenvalue weighted by atomic mass is 9.72. The number of nitrogens with zero attached hydrogens (tertiary/aromatic N) is 2. The van der Waals surface area contributed by atoms with E-state index in [0.29, 0.717) is 0 Å². The molecule has 3 nitrogen and oxygen atoms in total. The lowest BCUT2D eigenvalue weighted by Crippen LogP contribution is -2.26. The van der Waals surface area contributed by atoms with Crippen LogP contribution in [0.5, 0.6) is 0 Å². The first-order valence-electron chi connectivity index (χ1n) is 14.6. The van der Waals surface area contributed by atoms with Gasteiger partial charge in [-0.3, -0.25) is 0 Å². The molecule has 0 bridgehead atoms. The number of hydrogen-bond donors (Lipinski definition) is 1. The summed E-state index contributed by atoms with van der Waals surface area (Å²) in [6.45, 7) is 13.1. The highest BCUT2D eigenvalue weighted by Gasteiger charge is 2.40. The summed E-state index contributed by atoms with van der Waals surface area (Å²) >= 11 is 6.20. The van der Waals surface area contributed by atoms with E-state index in [1.807, 2.05) is 24.3 Å². The van der Waals surface area contributed by atoms with E-state index in [-0.39, 0.29) is 5.41 Å². The summed E-state index contributed by atoms with van der Waals surface area (Å²) in [5, 5.41) is 4.02. The summed E-state index contributed by atoms with van der Waals surface area (Å²) in [6.07, 6.45) is 10.3. The van der Waals surface area contributed by atoms with Gasteiger partial charge in [-0.25, -0.2) is 9.97 Å². The Morgan fingerprint density at radius 3 is 2.60 bits per heavy atom. The summed E-state index contributed by atoms with van der Waals surface area (Å²) in [6, 6.07) is 21.8. The number of benzene rings is 3. The Labute approximate surface area is 244 Å². The fourth-order valence-corrected chi connectivity index (χ4v) is 6.42. The molecule has 1 aliphatic rings. The molecule has 1 unspecified atom stereocenters. The Morgan fingerprint density at radius 2 is 1.82 bits per heavy atom. The second kappa shape index (κ2) is 12.4. The van der Waals surface area contributed by atoms with Crippen molar-refractivity contribution in [3.63, 3.8) is 0 Å². The predicted octanol–water partition coefficient (Wildman–Crippen LogP) is 9.29. The maximum Gasteiger partial charge on any atom is 0.0925 e. The smallest absolute Gasteiger partial charge is 0.0925 e. The second-order valence-electron chi connectivity index (χ2n) is 11.4. The van der Waals surface area contributed by atoms with Crippen molar-refractivity contribution >= 4 is 22.6 Å². The molecule has 0 radical (unpaired) electrons. The highest BCUT2D eigenvalue weighted by molar-refractivity contribution is 6.30. The van der Waals surface area contributed by atoms with Crippen LogP contribution >= 0.6 is 11.6 Å². The standard InChI is InChI=1S/C36H40ClN3/c1-5-38-22-8-20-36(21-19-28-23-26(4)11-17-31(28)36)29-14-18-32-34(24-29)39-33(10-7-6-9-25(2)3)35(40-32)27-12-15-30(37)16-13-27/h5,11-18,23-24,38H,1-2,6-10,19-22H2,3-4H3. The zero-order valence-corrected chi connectivity index (χ0v) is 24.7. The summed E-state index contributed by atoms with van der Waals surface area (Å²) in [5.41, 5.74) is 11.8. The Bertz CT molecular complexity index is 1520. The Balaban J connectivity index is 1.57. The van der Waals surface area contributed by atoms with E-state index in [4.69, 9.17) is 21.6 Å². The first-order valence-corrected chi connectivity index (χ1v) is 14.9. The minimum atomic E-state index is -0.0156. The van der Waals surface area contributed by atoms with Crippen molar-refractivity contribution in [2.75, 3.05) is 6.54 Å². The summed E-state index contributed by atoms with van der Waals surface area (Å²) in [5.74, 6) is 0. The number of unbranched alkanes of at least 4 members (excludes halogenated alkanes) is 1. The molecule has 4 heteroatoms. The van der Waals surface area contributed by atoms with E-state index < -0.39 is 0 Å². The monoisotopic (exact) mass is 549 g/mol. The quantitative estimate of drug-likeness (QED) is 0.141. The van der Waals surface area contributed by atoms with Gasteiger partial charge in [-0.1, -0.05) is 65.7 Å². The first kappa shape index (κ1) is 28.1. The largest absolute Gasteiger partial charge is 0.391 e. The van der Waals surface area contributed by atoms with E-state index in [2.05, 4.69) is 68.7 Å². The average molecular weight is 550 g/mol. The summed E-state index contributed by atoms with van der Waals surface area (Å²) in [4.78, 5) is 10.5. The van der Waals surface area contributed by atoms with E-state index >= 15 is 0 Å². The van der Waals surface area contributed by atoms with Gasteiger partial charge in [0.2, 0.25) is 0 Å². The second-order valence-corrected chi connectivity index (χ2v) is 11.8. The van der Waals surface area contributed by atoms with Gasteiger partial charge in [0.15, 0.2) is 0 Å². The third kappa shape index (κ3) is 6.00. The van der Waals surface area contributed by atoms with Crippen molar-refractivity contribution in [1.29, 1.82) is 0 Å². The number of aryl methyl sites for hydroxylation is 3. The summed E-state index contributed by atoms with van der Waals surface area (Å²) < 4.78 is 0. The zero-order chi connectivity index (χ0) is 28.1. The number of aromatic nitrogens is 2. The molecule has 4 aromatic rings. The number of rotatable bonds is 12. The molecule has 1 aliphatic carbocycles. The topological polar surface area (TPSA) is 37.8 Å². The van der Waals surface area contributed by atoms with E-state index in [1.165, 1.54) is 27.8 Å². The number of nitrogens with one attached hydrogen (secondary N) is 1. The van der Waals surface area contributed by atoms with Crippen molar-refractivity contribution in [1.82, 2.24) is 15.3 Å². The van der Waals surface area contributed by atoms with Gasteiger partial charge in [-0.2, -0.15) is 0 Å². The maximum absolute atomic E-state index is 6.20. The molecule has 206 valence electrons. The van der Waals surface area contributed by atoms with Gasteiger partial charge in [-0.05, 0) is 112 Å². The predicted molar refractivity (Wildman–Crippen MR) is 170 cm³/mol. The molecule has 5 rings (SSSR count). The van der Waals surface area contributed by atoms with Gasteiger partial charge >= 0.3 is 0 Å².